The minimum atomic E-state index is -0.548. The standard InChI is InChI=1S/C11H13ClN2O4/c1-7(11(15)18-2)13-6-8-5-9(12)3-4-10(8)14(16)17/h3-5,7,13H,6H2,1-2H3. The van der Waals surface area contributed by atoms with Crippen molar-refractivity contribution in [2.45, 2.75) is 19.5 Å². The number of rotatable bonds is 5. The summed E-state index contributed by atoms with van der Waals surface area (Å²) < 4.78 is 4.54. The molecule has 0 saturated carbocycles. The van der Waals surface area contributed by atoms with Gasteiger partial charge >= 0.3 is 5.97 Å². The molecule has 0 fully saturated rings. The highest BCUT2D eigenvalue weighted by Crippen LogP contribution is 2.22. The minimum absolute atomic E-state index is 0.0380. The summed E-state index contributed by atoms with van der Waals surface area (Å²) in [7, 11) is 1.28. The molecule has 1 aromatic carbocycles. The second kappa shape index (κ2) is 6.32. The molecule has 0 aliphatic rings. The summed E-state index contributed by atoms with van der Waals surface area (Å²) in [5.74, 6) is -0.431. The van der Waals surface area contributed by atoms with E-state index in [4.69, 9.17) is 11.6 Å². The molecule has 1 N–H and O–H groups in total. The Morgan fingerprint density at radius 3 is 2.83 bits per heavy atom. The number of hydrogen-bond donors (Lipinski definition) is 1. The number of nitrogens with one attached hydrogen (secondary N) is 1. The van der Waals surface area contributed by atoms with Crippen molar-refractivity contribution in [3.05, 3.63) is 38.9 Å². The van der Waals surface area contributed by atoms with Crippen LogP contribution in [0.2, 0.25) is 5.02 Å². The number of nitro benzene ring substituents is 1. The van der Waals surface area contributed by atoms with E-state index >= 15 is 0 Å². The lowest BCUT2D eigenvalue weighted by molar-refractivity contribution is -0.385. The van der Waals surface area contributed by atoms with Crippen LogP contribution in [0.4, 0.5) is 5.69 Å². The van der Waals surface area contributed by atoms with Gasteiger partial charge in [0.05, 0.1) is 12.0 Å². The lowest BCUT2D eigenvalue weighted by Gasteiger charge is -2.11. The molecule has 1 rings (SSSR count). The van der Waals surface area contributed by atoms with Gasteiger partial charge < -0.3 is 10.1 Å². The first kappa shape index (κ1) is 14.4. The van der Waals surface area contributed by atoms with Crippen LogP contribution < -0.4 is 5.32 Å². The monoisotopic (exact) mass is 272 g/mol. The number of carbonyl (C=O) groups is 1. The van der Waals surface area contributed by atoms with E-state index in [0.717, 1.165) is 0 Å². The summed E-state index contributed by atoms with van der Waals surface area (Å²) in [6, 6.07) is 3.74. The second-order valence-electron chi connectivity index (χ2n) is 3.66. The van der Waals surface area contributed by atoms with Crippen molar-refractivity contribution in [1.82, 2.24) is 5.32 Å². The van der Waals surface area contributed by atoms with Crippen molar-refractivity contribution >= 4 is 23.3 Å². The maximum Gasteiger partial charge on any atom is 0.322 e. The van der Waals surface area contributed by atoms with Crippen LogP contribution in [0.15, 0.2) is 18.2 Å². The molecule has 0 spiro atoms. The first-order valence-corrected chi connectivity index (χ1v) is 5.57. The number of halogens is 1. The van der Waals surface area contributed by atoms with Crippen LogP contribution >= 0.6 is 11.6 Å². The predicted molar refractivity (Wildman–Crippen MR) is 66.4 cm³/mol. The molecule has 1 unspecified atom stereocenters. The molecular weight excluding hydrogens is 260 g/mol. The third-order valence-corrected chi connectivity index (χ3v) is 2.63. The van der Waals surface area contributed by atoms with Crippen molar-refractivity contribution in [2.24, 2.45) is 0 Å². The van der Waals surface area contributed by atoms with Gasteiger partial charge in [0.1, 0.15) is 6.04 Å². The Kier molecular flexibility index (Phi) is 5.06. The summed E-state index contributed by atoms with van der Waals surface area (Å²) in [5.41, 5.74) is 0.382. The van der Waals surface area contributed by atoms with Crippen molar-refractivity contribution in [1.29, 1.82) is 0 Å². The Morgan fingerprint density at radius 2 is 2.28 bits per heavy atom. The topological polar surface area (TPSA) is 81.5 Å². The molecule has 18 heavy (non-hydrogen) atoms. The highest BCUT2D eigenvalue weighted by atomic mass is 35.5. The molecule has 0 heterocycles. The van der Waals surface area contributed by atoms with Gasteiger partial charge in [-0.3, -0.25) is 14.9 Å². The molecule has 0 bridgehead atoms. The van der Waals surface area contributed by atoms with Crippen molar-refractivity contribution < 1.29 is 14.5 Å². The van der Waals surface area contributed by atoms with Crippen LogP contribution in [0.25, 0.3) is 0 Å². The molecule has 98 valence electrons. The van der Waals surface area contributed by atoms with Gasteiger partial charge in [0.2, 0.25) is 0 Å². The number of carbonyl (C=O) groups excluding carboxylic acids is 1. The Bertz CT molecular complexity index is 464. The lowest BCUT2D eigenvalue weighted by atomic mass is 10.1. The third-order valence-electron chi connectivity index (χ3n) is 2.39. The zero-order chi connectivity index (χ0) is 13.7. The van der Waals surface area contributed by atoms with Gasteiger partial charge in [-0.2, -0.15) is 0 Å². The summed E-state index contributed by atoms with van der Waals surface area (Å²) >= 11 is 5.78. The van der Waals surface area contributed by atoms with Crippen molar-refractivity contribution in [3.8, 4) is 0 Å². The molecule has 0 aliphatic carbocycles. The SMILES string of the molecule is COC(=O)C(C)NCc1cc(Cl)ccc1[N+](=O)[O-]. The third kappa shape index (κ3) is 3.68. The number of ether oxygens (including phenoxy) is 1. The quantitative estimate of drug-likeness (QED) is 0.503. The number of nitrogens with zero attached hydrogens (tertiary/aromatic N) is 1. The normalized spacial score (nSPS) is 11.9. The van der Waals surface area contributed by atoms with E-state index in [0.29, 0.717) is 10.6 Å². The molecule has 1 atom stereocenters. The molecule has 0 aliphatic heterocycles. The van der Waals surface area contributed by atoms with E-state index in [1.54, 1.807) is 6.92 Å². The number of esters is 1. The number of hydrogen-bond acceptors (Lipinski definition) is 5. The fourth-order valence-corrected chi connectivity index (χ4v) is 1.59. The maximum atomic E-state index is 11.2. The number of benzene rings is 1. The Hall–Kier alpha value is -1.66. The molecule has 6 nitrogen and oxygen atoms in total. The smallest absolute Gasteiger partial charge is 0.322 e. The fraction of sp³-hybridized carbons (Fsp3) is 0.364. The van der Waals surface area contributed by atoms with E-state index < -0.39 is 16.9 Å². The van der Waals surface area contributed by atoms with Crippen LogP contribution in [0.1, 0.15) is 12.5 Å². The number of methoxy groups -OCH3 is 1. The zero-order valence-corrected chi connectivity index (χ0v) is 10.7. The average Bonchev–Trinajstić information content (AvgIpc) is 2.34. The molecule has 0 amide bonds. The molecule has 0 aromatic heterocycles. The van der Waals surface area contributed by atoms with Crippen LogP contribution in [-0.4, -0.2) is 24.0 Å². The van der Waals surface area contributed by atoms with E-state index in [9.17, 15) is 14.9 Å². The van der Waals surface area contributed by atoms with Crippen LogP contribution in [-0.2, 0) is 16.1 Å². The van der Waals surface area contributed by atoms with Gasteiger partial charge in [0, 0.05) is 23.2 Å². The van der Waals surface area contributed by atoms with Gasteiger partial charge in [-0.1, -0.05) is 11.6 Å². The summed E-state index contributed by atoms with van der Waals surface area (Å²) in [6.45, 7) is 1.77. The molecule has 7 heteroatoms. The molecular formula is C11H13ClN2O4. The van der Waals surface area contributed by atoms with Gasteiger partial charge in [0.25, 0.3) is 5.69 Å². The summed E-state index contributed by atoms with van der Waals surface area (Å²) in [5, 5.41) is 14.1. The first-order chi connectivity index (χ1) is 8.45. The highest BCUT2D eigenvalue weighted by Gasteiger charge is 2.17. The van der Waals surface area contributed by atoms with Crippen LogP contribution in [0.3, 0.4) is 0 Å². The summed E-state index contributed by atoms with van der Waals surface area (Å²) in [4.78, 5) is 21.5. The van der Waals surface area contributed by atoms with Gasteiger partial charge in [0.15, 0.2) is 0 Å². The largest absolute Gasteiger partial charge is 0.468 e. The van der Waals surface area contributed by atoms with Crippen LogP contribution in [0.5, 0.6) is 0 Å². The van der Waals surface area contributed by atoms with E-state index in [1.807, 2.05) is 0 Å². The first-order valence-electron chi connectivity index (χ1n) is 5.19. The van der Waals surface area contributed by atoms with Crippen molar-refractivity contribution in [2.75, 3.05) is 7.11 Å². The lowest BCUT2D eigenvalue weighted by Crippen LogP contribution is -2.34. The van der Waals surface area contributed by atoms with Gasteiger partial charge in [-0.15, -0.1) is 0 Å². The Balaban J connectivity index is 2.80. The second-order valence-corrected chi connectivity index (χ2v) is 4.09. The van der Waals surface area contributed by atoms with E-state index in [2.05, 4.69) is 10.1 Å². The van der Waals surface area contributed by atoms with Gasteiger partial charge in [-0.05, 0) is 19.1 Å². The maximum absolute atomic E-state index is 11.2. The molecule has 1 aromatic rings. The summed E-state index contributed by atoms with van der Waals surface area (Å²) in [6.07, 6.45) is 0. The molecule has 0 saturated heterocycles. The average molecular weight is 273 g/mol. The van der Waals surface area contributed by atoms with E-state index in [-0.39, 0.29) is 12.2 Å². The fourth-order valence-electron chi connectivity index (χ4n) is 1.40. The van der Waals surface area contributed by atoms with E-state index in [1.165, 1.54) is 25.3 Å². The molecule has 0 radical (unpaired) electrons. The van der Waals surface area contributed by atoms with Gasteiger partial charge in [-0.25, -0.2) is 0 Å². The Morgan fingerprint density at radius 1 is 1.61 bits per heavy atom. The zero-order valence-electron chi connectivity index (χ0n) is 9.97. The van der Waals surface area contributed by atoms with Crippen molar-refractivity contribution in [3.63, 3.8) is 0 Å². The minimum Gasteiger partial charge on any atom is -0.468 e. The van der Waals surface area contributed by atoms with Crippen LogP contribution in [0, 0.1) is 10.1 Å². The Labute approximate surface area is 109 Å². The highest BCUT2D eigenvalue weighted by molar-refractivity contribution is 6.30. The predicted octanol–water partition coefficient (Wildman–Crippen LogP) is 1.90. The number of nitro groups is 1.